The number of hydrogen-bond acceptors (Lipinski definition) is 2. The van der Waals surface area contributed by atoms with Gasteiger partial charge in [0.15, 0.2) is 0 Å². The molecule has 0 heterocycles. The zero-order valence-corrected chi connectivity index (χ0v) is 16.1. The summed E-state index contributed by atoms with van der Waals surface area (Å²) in [5.74, 6) is -1.21. The summed E-state index contributed by atoms with van der Waals surface area (Å²) >= 11 is 11.8. The molecule has 0 saturated heterocycles. The van der Waals surface area contributed by atoms with Gasteiger partial charge in [-0.25, -0.2) is 17.2 Å². The highest BCUT2D eigenvalue weighted by atomic mass is 35.5. The van der Waals surface area contributed by atoms with E-state index in [4.69, 9.17) is 23.2 Å². The summed E-state index contributed by atoms with van der Waals surface area (Å²) < 4.78 is 54.5. The Morgan fingerprint density at radius 3 is 2.30 bits per heavy atom. The van der Waals surface area contributed by atoms with E-state index in [9.17, 15) is 17.2 Å². The summed E-state index contributed by atoms with van der Waals surface area (Å²) in [6.45, 7) is -0.143. The van der Waals surface area contributed by atoms with Crippen molar-refractivity contribution in [2.24, 2.45) is 0 Å². The maximum Gasteiger partial charge on any atom is 0.264 e. The largest absolute Gasteiger partial charge is 0.264 e. The molecule has 0 saturated carbocycles. The fourth-order valence-corrected chi connectivity index (χ4v) is 4.41. The zero-order valence-electron chi connectivity index (χ0n) is 13.7. The van der Waals surface area contributed by atoms with Crippen molar-refractivity contribution in [2.75, 3.05) is 4.31 Å². The Labute approximate surface area is 165 Å². The van der Waals surface area contributed by atoms with E-state index < -0.39 is 21.7 Å². The maximum atomic E-state index is 13.6. The molecule has 0 unspecified atom stereocenters. The molecule has 0 radical (unpaired) electrons. The molecule has 0 atom stereocenters. The van der Waals surface area contributed by atoms with Gasteiger partial charge in [-0.15, -0.1) is 0 Å². The Bertz CT molecular complexity index is 1090. The molecule has 0 aliphatic carbocycles. The summed E-state index contributed by atoms with van der Waals surface area (Å²) in [7, 11) is -4.12. The number of halogens is 4. The molecule has 0 aliphatic heterocycles. The molecular formula is C19H13Cl2F2NO2S. The van der Waals surface area contributed by atoms with Crippen molar-refractivity contribution in [3.05, 3.63) is 94.0 Å². The van der Waals surface area contributed by atoms with Gasteiger partial charge in [-0.2, -0.15) is 0 Å². The van der Waals surface area contributed by atoms with Gasteiger partial charge in [0.1, 0.15) is 11.6 Å². The van der Waals surface area contributed by atoms with Crippen molar-refractivity contribution < 1.29 is 17.2 Å². The van der Waals surface area contributed by atoms with Crippen molar-refractivity contribution in [3.8, 4) is 0 Å². The number of anilines is 1. The van der Waals surface area contributed by atoms with Crippen LogP contribution in [0.2, 0.25) is 10.0 Å². The fraction of sp³-hybridized carbons (Fsp3) is 0.0526. The van der Waals surface area contributed by atoms with Crippen LogP contribution in [-0.4, -0.2) is 8.42 Å². The predicted octanol–water partition coefficient (Wildman–Crippen LogP) is 5.67. The van der Waals surface area contributed by atoms with E-state index in [0.29, 0.717) is 10.6 Å². The van der Waals surface area contributed by atoms with Crippen LogP contribution >= 0.6 is 23.2 Å². The van der Waals surface area contributed by atoms with E-state index in [-0.39, 0.29) is 22.2 Å². The first kappa shape index (κ1) is 19.6. The minimum atomic E-state index is -4.12. The normalized spacial score (nSPS) is 11.4. The second-order valence-corrected chi connectivity index (χ2v) is 8.40. The van der Waals surface area contributed by atoms with Crippen molar-refractivity contribution >= 4 is 38.9 Å². The lowest BCUT2D eigenvalue weighted by Crippen LogP contribution is -2.30. The molecule has 0 bridgehead atoms. The molecule has 0 spiro atoms. The molecule has 0 aliphatic rings. The number of nitrogens with zero attached hydrogens (tertiary/aromatic N) is 1. The van der Waals surface area contributed by atoms with E-state index in [1.807, 2.05) is 0 Å². The summed E-state index contributed by atoms with van der Waals surface area (Å²) in [6, 6.07) is 15.0. The van der Waals surface area contributed by atoms with Crippen molar-refractivity contribution in [3.63, 3.8) is 0 Å². The summed E-state index contributed by atoms with van der Waals surface area (Å²) in [6.07, 6.45) is 0. The van der Waals surface area contributed by atoms with E-state index in [2.05, 4.69) is 0 Å². The summed E-state index contributed by atoms with van der Waals surface area (Å²) in [5.41, 5.74) is 0.721. The minimum absolute atomic E-state index is 0.143. The zero-order chi connectivity index (χ0) is 19.6. The van der Waals surface area contributed by atoms with Gasteiger partial charge in [-0.1, -0.05) is 41.4 Å². The van der Waals surface area contributed by atoms with Gasteiger partial charge in [-0.05, 0) is 54.1 Å². The average Bonchev–Trinajstić information content (AvgIpc) is 2.62. The van der Waals surface area contributed by atoms with E-state index in [0.717, 1.165) is 22.5 Å². The summed E-state index contributed by atoms with van der Waals surface area (Å²) in [5, 5.41) is 0.0250. The Kier molecular flexibility index (Phi) is 5.69. The average molecular weight is 428 g/mol. The molecule has 140 valence electrons. The van der Waals surface area contributed by atoms with Crippen LogP contribution < -0.4 is 4.31 Å². The van der Waals surface area contributed by atoms with Crippen LogP contribution in [0.15, 0.2) is 71.6 Å². The van der Waals surface area contributed by atoms with E-state index in [1.165, 1.54) is 24.3 Å². The van der Waals surface area contributed by atoms with Crippen LogP contribution in [0.3, 0.4) is 0 Å². The van der Waals surface area contributed by atoms with Crippen molar-refractivity contribution in [2.45, 2.75) is 11.4 Å². The first-order chi connectivity index (χ1) is 12.8. The molecule has 8 heteroatoms. The number of hydrogen-bond donors (Lipinski definition) is 0. The Morgan fingerprint density at radius 1 is 0.889 bits per heavy atom. The molecule has 3 rings (SSSR count). The number of rotatable bonds is 5. The van der Waals surface area contributed by atoms with Gasteiger partial charge in [-0.3, -0.25) is 4.31 Å². The summed E-state index contributed by atoms with van der Waals surface area (Å²) in [4.78, 5) is -0.190. The highest BCUT2D eigenvalue weighted by Gasteiger charge is 2.26. The molecule has 0 N–H and O–H groups in total. The molecule has 0 amide bonds. The first-order valence-electron chi connectivity index (χ1n) is 7.75. The lowest BCUT2D eigenvalue weighted by atomic mass is 10.2. The van der Waals surface area contributed by atoms with Crippen LogP contribution in [0.25, 0.3) is 0 Å². The van der Waals surface area contributed by atoms with Crippen LogP contribution in [-0.2, 0) is 16.6 Å². The Morgan fingerprint density at radius 2 is 1.63 bits per heavy atom. The number of sulfonamides is 1. The predicted molar refractivity (Wildman–Crippen MR) is 103 cm³/mol. The fourth-order valence-electron chi connectivity index (χ4n) is 2.51. The van der Waals surface area contributed by atoms with Gasteiger partial charge in [0, 0.05) is 5.02 Å². The smallest absolute Gasteiger partial charge is 0.262 e. The number of benzene rings is 3. The molecule has 3 aromatic carbocycles. The molecule has 27 heavy (non-hydrogen) atoms. The molecule has 3 nitrogen and oxygen atoms in total. The Hall–Kier alpha value is -2.15. The SMILES string of the molecule is O=S(=O)(c1ccc(F)c(Cl)c1)N(Cc1cccc(F)c1)c1cccc(Cl)c1. The second-order valence-electron chi connectivity index (χ2n) is 5.70. The quantitative estimate of drug-likeness (QED) is 0.526. The van der Waals surface area contributed by atoms with Crippen molar-refractivity contribution in [1.29, 1.82) is 0 Å². The molecular weight excluding hydrogens is 415 g/mol. The molecule has 0 fully saturated rings. The van der Waals surface area contributed by atoms with Crippen LogP contribution in [0, 0.1) is 11.6 Å². The van der Waals surface area contributed by atoms with E-state index >= 15 is 0 Å². The Balaban J connectivity index is 2.11. The standard InChI is InChI=1S/C19H13Cl2F2NO2S/c20-14-4-2-6-16(10-14)24(12-13-3-1-5-15(22)9-13)27(25,26)17-7-8-19(23)18(21)11-17/h1-11H,12H2. The third kappa shape index (κ3) is 4.40. The van der Waals surface area contributed by atoms with Crippen LogP contribution in [0.1, 0.15) is 5.56 Å². The van der Waals surface area contributed by atoms with Crippen LogP contribution in [0.4, 0.5) is 14.5 Å². The first-order valence-corrected chi connectivity index (χ1v) is 9.95. The third-order valence-electron chi connectivity index (χ3n) is 3.79. The monoisotopic (exact) mass is 427 g/mol. The highest BCUT2D eigenvalue weighted by molar-refractivity contribution is 7.92. The van der Waals surface area contributed by atoms with Gasteiger partial charge < -0.3 is 0 Å². The van der Waals surface area contributed by atoms with Crippen molar-refractivity contribution in [1.82, 2.24) is 0 Å². The highest BCUT2D eigenvalue weighted by Crippen LogP contribution is 2.29. The third-order valence-corrected chi connectivity index (χ3v) is 6.09. The van der Waals surface area contributed by atoms with E-state index in [1.54, 1.807) is 24.3 Å². The maximum absolute atomic E-state index is 13.6. The topological polar surface area (TPSA) is 37.4 Å². The lowest BCUT2D eigenvalue weighted by molar-refractivity contribution is 0.588. The second kappa shape index (κ2) is 7.84. The van der Waals surface area contributed by atoms with Gasteiger partial charge in [0.25, 0.3) is 10.0 Å². The van der Waals surface area contributed by atoms with Gasteiger partial charge >= 0.3 is 0 Å². The minimum Gasteiger partial charge on any atom is -0.262 e. The lowest BCUT2D eigenvalue weighted by Gasteiger charge is -2.25. The van der Waals surface area contributed by atoms with Gasteiger partial charge in [0.05, 0.1) is 22.2 Å². The molecule has 0 aromatic heterocycles. The van der Waals surface area contributed by atoms with Crippen LogP contribution in [0.5, 0.6) is 0 Å². The van der Waals surface area contributed by atoms with Gasteiger partial charge in [0.2, 0.25) is 0 Å². The molecule has 3 aromatic rings.